The molecule has 0 bridgehead atoms. The van der Waals surface area contributed by atoms with Crippen LogP contribution in [0.15, 0.2) is 46.5 Å². The minimum atomic E-state index is -1.25. The van der Waals surface area contributed by atoms with Crippen LogP contribution in [0.25, 0.3) is 0 Å². The normalized spacial score (nSPS) is 23.4. The number of rotatable bonds is 7. The van der Waals surface area contributed by atoms with Crippen molar-refractivity contribution in [3.8, 4) is 0 Å². The van der Waals surface area contributed by atoms with Crippen molar-refractivity contribution in [2.75, 3.05) is 0 Å². The molecule has 0 spiro atoms. The monoisotopic (exact) mass is 486 g/mol. The van der Waals surface area contributed by atoms with Gasteiger partial charge in [0, 0.05) is 30.7 Å². The van der Waals surface area contributed by atoms with Crippen LogP contribution in [0, 0.1) is 5.92 Å². The van der Waals surface area contributed by atoms with Gasteiger partial charge in [0.05, 0.1) is 22.6 Å². The van der Waals surface area contributed by atoms with Crippen LogP contribution in [-0.2, 0) is 33.4 Å². The lowest BCUT2D eigenvalue weighted by Gasteiger charge is -2.45. The van der Waals surface area contributed by atoms with E-state index in [1.54, 1.807) is 31.2 Å². The maximum Gasteiger partial charge on any atom is 0.359 e. The number of fused-ring (bicyclic) bond motifs is 2. The Balaban J connectivity index is 1.59. The fourth-order valence-corrected chi connectivity index (χ4v) is 5.38. The zero-order chi connectivity index (χ0) is 24.7. The van der Waals surface area contributed by atoms with Crippen LogP contribution in [0.2, 0.25) is 0 Å². The van der Waals surface area contributed by atoms with Gasteiger partial charge in [-0.2, -0.15) is 0 Å². The summed E-state index contributed by atoms with van der Waals surface area (Å²) in [5.74, 6) is -3.35. The molecule has 0 saturated carbocycles. The van der Waals surface area contributed by atoms with Gasteiger partial charge in [-0.1, -0.05) is 36.5 Å². The molecule has 10 nitrogen and oxygen atoms in total. The highest BCUT2D eigenvalue weighted by Gasteiger charge is 2.58. The van der Waals surface area contributed by atoms with Crippen LogP contribution in [0.4, 0.5) is 0 Å². The molecule has 2 amide bonds. The Kier molecular flexibility index (Phi) is 6.22. The first-order valence-electron chi connectivity index (χ1n) is 10.5. The first-order valence-corrected chi connectivity index (χ1v) is 11.3. The zero-order valence-electron chi connectivity index (χ0n) is 18.7. The van der Waals surface area contributed by atoms with Crippen molar-refractivity contribution in [1.29, 1.82) is 0 Å². The SMILES string of the molecule is C=C(NC(C)=O)SC1=C(C(=O)OC2OC(=O)c3ccccc32)N2C(=O)C(C(C)OC(C)=O)C2C1. The van der Waals surface area contributed by atoms with Crippen molar-refractivity contribution in [1.82, 2.24) is 10.2 Å². The first kappa shape index (κ1) is 23.6. The van der Waals surface area contributed by atoms with E-state index in [4.69, 9.17) is 14.2 Å². The number of cyclic esters (lactones) is 1. The smallest absolute Gasteiger partial charge is 0.359 e. The number of esters is 3. The highest BCUT2D eigenvalue weighted by Crippen LogP contribution is 2.49. The molecule has 34 heavy (non-hydrogen) atoms. The van der Waals surface area contributed by atoms with Crippen molar-refractivity contribution in [3.05, 3.63) is 57.6 Å². The highest BCUT2D eigenvalue weighted by molar-refractivity contribution is 8.06. The number of β-lactam (4-membered cyclic amide) rings is 1. The molecule has 1 aromatic rings. The molecule has 0 aromatic heterocycles. The maximum absolute atomic E-state index is 13.2. The van der Waals surface area contributed by atoms with Crippen LogP contribution < -0.4 is 5.32 Å². The molecule has 3 aliphatic heterocycles. The molecule has 4 atom stereocenters. The molecule has 1 aromatic carbocycles. The largest absolute Gasteiger partial charge is 0.462 e. The van der Waals surface area contributed by atoms with Crippen LogP contribution in [0.1, 0.15) is 49.4 Å². The van der Waals surface area contributed by atoms with Gasteiger partial charge in [-0.15, -0.1) is 0 Å². The van der Waals surface area contributed by atoms with Crippen molar-refractivity contribution >= 4 is 41.5 Å². The number of hydrogen-bond acceptors (Lipinski definition) is 9. The van der Waals surface area contributed by atoms with Crippen molar-refractivity contribution < 1.29 is 38.2 Å². The third kappa shape index (κ3) is 4.18. The lowest BCUT2D eigenvalue weighted by molar-refractivity contribution is -0.176. The molecule has 0 aliphatic carbocycles. The topological polar surface area (TPSA) is 128 Å². The number of carbonyl (C=O) groups excluding carboxylic acids is 5. The lowest BCUT2D eigenvalue weighted by Crippen LogP contribution is -2.62. The molecule has 4 rings (SSSR count). The van der Waals surface area contributed by atoms with E-state index in [1.165, 1.54) is 18.7 Å². The fourth-order valence-electron chi connectivity index (χ4n) is 4.36. The Bertz CT molecular complexity index is 1160. The van der Waals surface area contributed by atoms with Gasteiger partial charge < -0.3 is 24.4 Å². The van der Waals surface area contributed by atoms with Crippen LogP contribution >= 0.6 is 11.8 Å². The van der Waals surface area contributed by atoms with Gasteiger partial charge in [0.1, 0.15) is 11.8 Å². The number of hydrogen-bond donors (Lipinski definition) is 1. The predicted octanol–water partition coefficient (Wildman–Crippen LogP) is 2.13. The summed E-state index contributed by atoms with van der Waals surface area (Å²) in [6, 6.07) is 6.10. The summed E-state index contributed by atoms with van der Waals surface area (Å²) in [5, 5.41) is 2.81. The third-order valence-corrected chi connectivity index (χ3v) is 6.60. The fraction of sp³-hybridized carbons (Fsp3) is 0.348. The van der Waals surface area contributed by atoms with E-state index < -0.39 is 48.2 Å². The second-order valence-corrected chi connectivity index (χ2v) is 9.22. The van der Waals surface area contributed by atoms with E-state index in [2.05, 4.69) is 11.9 Å². The number of nitrogens with zero attached hydrogens (tertiary/aromatic N) is 1. The molecule has 178 valence electrons. The molecule has 4 unspecified atom stereocenters. The van der Waals surface area contributed by atoms with Crippen molar-refractivity contribution in [2.24, 2.45) is 5.92 Å². The molecule has 0 radical (unpaired) electrons. The zero-order valence-corrected chi connectivity index (χ0v) is 19.5. The average Bonchev–Trinajstić information content (AvgIpc) is 3.22. The molecule has 1 N–H and O–H groups in total. The van der Waals surface area contributed by atoms with E-state index in [0.29, 0.717) is 16.0 Å². The van der Waals surface area contributed by atoms with Gasteiger partial charge in [0.15, 0.2) is 0 Å². The van der Waals surface area contributed by atoms with Crippen molar-refractivity contribution in [2.45, 2.75) is 45.6 Å². The summed E-state index contributed by atoms with van der Waals surface area (Å²) in [5.41, 5.74) is 0.685. The quantitative estimate of drug-likeness (QED) is 0.455. The summed E-state index contributed by atoms with van der Waals surface area (Å²) in [4.78, 5) is 62.9. The van der Waals surface area contributed by atoms with Gasteiger partial charge in [-0.05, 0) is 13.0 Å². The molecular weight excluding hydrogens is 464 g/mol. The van der Waals surface area contributed by atoms with Gasteiger partial charge in [0.25, 0.3) is 6.29 Å². The predicted molar refractivity (Wildman–Crippen MR) is 118 cm³/mol. The summed E-state index contributed by atoms with van der Waals surface area (Å²) in [7, 11) is 0. The lowest BCUT2D eigenvalue weighted by atomic mass is 9.83. The number of carbonyl (C=O) groups is 5. The molecule has 1 fully saturated rings. The average molecular weight is 487 g/mol. The number of ether oxygens (including phenoxy) is 3. The molecular formula is C23H22N2O8S. The molecule has 3 heterocycles. The van der Waals surface area contributed by atoms with Gasteiger partial charge in [0.2, 0.25) is 11.8 Å². The minimum Gasteiger partial charge on any atom is -0.462 e. The number of thioether (sulfide) groups is 1. The van der Waals surface area contributed by atoms with Gasteiger partial charge >= 0.3 is 17.9 Å². The summed E-state index contributed by atoms with van der Waals surface area (Å²) < 4.78 is 15.9. The molecule has 1 saturated heterocycles. The van der Waals surface area contributed by atoms with Crippen molar-refractivity contribution in [3.63, 3.8) is 0 Å². The van der Waals surface area contributed by atoms with Crippen LogP contribution in [-0.4, -0.2) is 46.8 Å². The molecule has 3 aliphatic rings. The third-order valence-electron chi connectivity index (χ3n) is 5.64. The first-order chi connectivity index (χ1) is 16.1. The van der Waals surface area contributed by atoms with E-state index in [1.807, 2.05) is 0 Å². The summed E-state index contributed by atoms with van der Waals surface area (Å²) in [6.45, 7) is 7.98. The Morgan fingerprint density at radius 3 is 2.62 bits per heavy atom. The Morgan fingerprint density at radius 2 is 1.94 bits per heavy atom. The number of nitrogens with one attached hydrogen (secondary N) is 1. The minimum absolute atomic E-state index is 0.0155. The van der Waals surface area contributed by atoms with E-state index in [0.717, 1.165) is 11.8 Å². The summed E-state index contributed by atoms with van der Waals surface area (Å²) >= 11 is 1.04. The van der Waals surface area contributed by atoms with Crippen LogP contribution in [0.5, 0.6) is 0 Å². The number of benzene rings is 1. The van der Waals surface area contributed by atoms with Crippen LogP contribution in [0.3, 0.4) is 0 Å². The Labute approximate surface area is 199 Å². The Morgan fingerprint density at radius 1 is 1.24 bits per heavy atom. The van der Waals surface area contributed by atoms with Gasteiger partial charge in [-0.3, -0.25) is 14.4 Å². The van der Waals surface area contributed by atoms with E-state index in [-0.39, 0.29) is 23.1 Å². The number of amides is 2. The second kappa shape index (κ2) is 8.98. The van der Waals surface area contributed by atoms with E-state index in [9.17, 15) is 24.0 Å². The van der Waals surface area contributed by atoms with E-state index >= 15 is 0 Å². The van der Waals surface area contributed by atoms with Gasteiger partial charge in [-0.25, -0.2) is 9.59 Å². The maximum atomic E-state index is 13.2. The summed E-state index contributed by atoms with van der Waals surface area (Å²) in [6.07, 6.45) is -1.66. The standard InChI is InChI=1S/C23H22N2O8S/c1-10(31-13(4)27)18-16-9-17(34-12(3)24-11(2)26)19(25(16)20(18)28)22(30)33-23-15-8-6-5-7-14(15)21(29)32-23/h5-8,10,16,18,23H,3,9H2,1-2,4H3,(H,24,26). The second-order valence-electron chi connectivity index (χ2n) is 8.03. The molecule has 11 heteroatoms. The highest BCUT2D eigenvalue weighted by atomic mass is 32.2. The Hall–Kier alpha value is -3.60.